The fourth-order valence-electron chi connectivity index (χ4n) is 4.34. The first-order valence-electron chi connectivity index (χ1n) is 11.1. The molecule has 4 rings (SSSR count). The van der Waals surface area contributed by atoms with Gasteiger partial charge in [-0.05, 0) is 106 Å². The van der Waals surface area contributed by atoms with E-state index in [0.717, 1.165) is 24.1 Å². The summed E-state index contributed by atoms with van der Waals surface area (Å²) >= 11 is 1.69. The second-order valence-corrected chi connectivity index (χ2v) is 10.5. The van der Waals surface area contributed by atoms with Crippen LogP contribution in [0.5, 0.6) is 0 Å². The summed E-state index contributed by atoms with van der Waals surface area (Å²) in [4.78, 5) is 5.34. The number of hydrogen-bond donors (Lipinski definition) is 3. The fourth-order valence-corrected chi connectivity index (χ4v) is 5.08. The molecule has 0 amide bonds. The minimum atomic E-state index is 0.0658. The lowest BCUT2D eigenvalue weighted by Crippen LogP contribution is -2.29. The van der Waals surface area contributed by atoms with Crippen molar-refractivity contribution in [2.24, 2.45) is 11.8 Å². The Morgan fingerprint density at radius 1 is 1.07 bits per heavy atom. The predicted octanol–water partition coefficient (Wildman–Crippen LogP) is 6.25. The highest BCUT2D eigenvalue weighted by Crippen LogP contribution is 2.40. The number of benzene rings is 1. The molecule has 0 spiro atoms. The second-order valence-electron chi connectivity index (χ2n) is 9.64. The Hall–Kier alpha value is -1.98. The average Bonchev–Trinajstić information content (AvgIpc) is 3.10. The molecule has 30 heavy (non-hydrogen) atoms. The zero-order valence-electron chi connectivity index (χ0n) is 18.3. The van der Waals surface area contributed by atoms with Gasteiger partial charge in [0.1, 0.15) is 0 Å². The Morgan fingerprint density at radius 2 is 1.90 bits per heavy atom. The van der Waals surface area contributed by atoms with E-state index < -0.39 is 0 Å². The number of fused-ring (bicyclic) bond motifs is 2. The van der Waals surface area contributed by atoms with Crippen LogP contribution in [0.25, 0.3) is 0 Å². The van der Waals surface area contributed by atoms with Crippen molar-refractivity contribution < 1.29 is 0 Å². The highest BCUT2D eigenvalue weighted by molar-refractivity contribution is 7.97. The summed E-state index contributed by atoms with van der Waals surface area (Å²) in [7, 11) is 0. The van der Waals surface area contributed by atoms with Gasteiger partial charge in [-0.15, -0.1) is 0 Å². The van der Waals surface area contributed by atoms with Crippen LogP contribution in [0.2, 0.25) is 0 Å². The molecule has 160 valence electrons. The van der Waals surface area contributed by atoms with Gasteiger partial charge in [0.05, 0.1) is 11.4 Å². The van der Waals surface area contributed by atoms with Crippen LogP contribution in [0.15, 0.2) is 59.8 Å². The molecule has 2 aliphatic rings. The minimum Gasteiger partial charge on any atom is -0.379 e. The first kappa shape index (κ1) is 21.3. The van der Waals surface area contributed by atoms with Crippen LogP contribution in [0.3, 0.4) is 0 Å². The van der Waals surface area contributed by atoms with Crippen molar-refractivity contribution in [2.75, 3.05) is 10.6 Å². The molecule has 0 saturated heterocycles. The molecule has 1 saturated carbocycles. The SMILES string of the molecule is CC(C)(C)NSc1ccc(NC2C=CCC3CCC2C3)c(NCc2ccncc2)c1. The molecule has 2 aromatic rings. The van der Waals surface area contributed by atoms with Crippen LogP contribution in [0, 0.1) is 11.8 Å². The molecule has 3 N–H and O–H groups in total. The quantitative estimate of drug-likeness (QED) is 0.364. The topological polar surface area (TPSA) is 49.0 Å². The summed E-state index contributed by atoms with van der Waals surface area (Å²) in [5, 5.41) is 7.52. The molecule has 0 aliphatic heterocycles. The average molecular weight is 423 g/mol. The monoisotopic (exact) mass is 422 g/mol. The van der Waals surface area contributed by atoms with Gasteiger partial charge in [0, 0.05) is 35.4 Å². The number of rotatable bonds is 7. The molecule has 1 aromatic heterocycles. The van der Waals surface area contributed by atoms with Gasteiger partial charge in [-0.2, -0.15) is 0 Å². The second kappa shape index (κ2) is 9.44. The summed E-state index contributed by atoms with van der Waals surface area (Å²) in [5.74, 6) is 1.64. The third-order valence-corrected chi connectivity index (χ3v) is 7.13. The normalized spacial score (nSPS) is 23.2. The number of hydrogen-bond acceptors (Lipinski definition) is 5. The zero-order chi connectivity index (χ0) is 21.0. The van der Waals surface area contributed by atoms with Gasteiger partial charge in [0.15, 0.2) is 0 Å². The molecule has 1 heterocycles. The maximum atomic E-state index is 4.13. The van der Waals surface area contributed by atoms with E-state index in [9.17, 15) is 0 Å². The fraction of sp³-hybridized carbons (Fsp3) is 0.480. The Morgan fingerprint density at radius 3 is 2.70 bits per heavy atom. The van der Waals surface area contributed by atoms with Crippen molar-refractivity contribution >= 4 is 23.3 Å². The van der Waals surface area contributed by atoms with E-state index in [2.05, 4.69) is 83.6 Å². The molecule has 5 heteroatoms. The molecular formula is C25H34N4S. The standard InChI is InChI=1S/C25H34N4S/c1-25(2,3)29-30-21-9-10-23(24(16-21)27-17-19-11-13-26-14-12-19)28-22-6-4-5-18-7-8-20(22)15-18/h4,6,9-14,16,18,20,22,27-29H,5,7-8,15,17H2,1-3H3. The molecule has 1 fully saturated rings. The van der Waals surface area contributed by atoms with Gasteiger partial charge in [0.2, 0.25) is 0 Å². The number of nitrogens with zero attached hydrogens (tertiary/aromatic N) is 1. The summed E-state index contributed by atoms with van der Waals surface area (Å²) < 4.78 is 3.52. The van der Waals surface area contributed by atoms with Crippen LogP contribution in [0.1, 0.15) is 52.0 Å². The van der Waals surface area contributed by atoms with Gasteiger partial charge >= 0.3 is 0 Å². The largest absolute Gasteiger partial charge is 0.379 e. The minimum absolute atomic E-state index is 0.0658. The molecule has 3 unspecified atom stereocenters. The van der Waals surface area contributed by atoms with Crippen LogP contribution >= 0.6 is 11.9 Å². The summed E-state index contributed by atoms with van der Waals surface area (Å²) in [6.45, 7) is 7.34. The highest BCUT2D eigenvalue weighted by atomic mass is 32.2. The maximum Gasteiger partial charge on any atom is 0.0590 e. The van der Waals surface area contributed by atoms with Crippen molar-refractivity contribution in [3.8, 4) is 0 Å². The van der Waals surface area contributed by atoms with Crippen molar-refractivity contribution in [2.45, 2.75) is 69.5 Å². The summed E-state index contributed by atoms with van der Waals surface area (Å²) in [6, 6.07) is 11.2. The van der Waals surface area contributed by atoms with Crippen LogP contribution in [0.4, 0.5) is 11.4 Å². The number of pyridine rings is 1. The van der Waals surface area contributed by atoms with Crippen LogP contribution in [-0.2, 0) is 6.54 Å². The van der Waals surface area contributed by atoms with E-state index in [4.69, 9.17) is 0 Å². The molecule has 4 nitrogen and oxygen atoms in total. The molecule has 2 aliphatic carbocycles. The maximum absolute atomic E-state index is 4.13. The van der Waals surface area contributed by atoms with E-state index in [1.54, 1.807) is 11.9 Å². The van der Waals surface area contributed by atoms with Crippen molar-refractivity contribution in [1.29, 1.82) is 0 Å². The molecule has 1 aromatic carbocycles. The van der Waals surface area contributed by atoms with Crippen molar-refractivity contribution in [3.05, 3.63) is 60.4 Å². The first-order valence-corrected chi connectivity index (χ1v) is 11.9. The summed E-state index contributed by atoms with van der Waals surface area (Å²) in [6.07, 6.45) is 13.8. The lowest BCUT2D eigenvalue weighted by molar-refractivity contribution is 0.487. The third-order valence-electron chi connectivity index (χ3n) is 5.92. The van der Waals surface area contributed by atoms with Gasteiger partial charge in [-0.25, -0.2) is 0 Å². The third kappa shape index (κ3) is 5.79. The van der Waals surface area contributed by atoms with Gasteiger partial charge in [0.25, 0.3) is 0 Å². The highest BCUT2D eigenvalue weighted by Gasteiger charge is 2.31. The Kier molecular flexibility index (Phi) is 6.69. The summed E-state index contributed by atoms with van der Waals surface area (Å²) in [5.41, 5.74) is 3.63. The van der Waals surface area contributed by atoms with E-state index in [0.29, 0.717) is 6.04 Å². The number of allylic oxidation sites excluding steroid dienone is 1. The molecule has 3 atom stereocenters. The Labute approximate surface area is 185 Å². The molecule has 2 bridgehead atoms. The van der Waals surface area contributed by atoms with Crippen molar-refractivity contribution in [1.82, 2.24) is 9.71 Å². The van der Waals surface area contributed by atoms with Gasteiger partial charge in [-0.1, -0.05) is 12.2 Å². The smallest absolute Gasteiger partial charge is 0.0590 e. The van der Waals surface area contributed by atoms with Gasteiger partial charge in [-0.3, -0.25) is 9.71 Å². The Bertz CT molecular complexity index is 859. The lowest BCUT2D eigenvalue weighted by Gasteiger charge is -2.25. The zero-order valence-corrected chi connectivity index (χ0v) is 19.1. The molecule has 0 radical (unpaired) electrons. The Balaban J connectivity index is 1.52. The lowest BCUT2D eigenvalue weighted by atomic mass is 9.97. The number of anilines is 2. The number of nitrogens with one attached hydrogen (secondary N) is 3. The van der Waals surface area contributed by atoms with E-state index in [1.165, 1.54) is 41.8 Å². The van der Waals surface area contributed by atoms with E-state index >= 15 is 0 Å². The van der Waals surface area contributed by atoms with Crippen LogP contribution < -0.4 is 15.4 Å². The van der Waals surface area contributed by atoms with Crippen molar-refractivity contribution in [3.63, 3.8) is 0 Å². The predicted molar refractivity (Wildman–Crippen MR) is 129 cm³/mol. The van der Waals surface area contributed by atoms with Gasteiger partial charge < -0.3 is 10.6 Å². The first-order chi connectivity index (χ1) is 14.5. The van der Waals surface area contributed by atoms with E-state index in [1.807, 2.05) is 12.4 Å². The molecular weight excluding hydrogens is 388 g/mol. The number of aromatic nitrogens is 1. The van der Waals surface area contributed by atoms with E-state index in [-0.39, 0.29) is 5.54 Å². The van der Waals surface area contributed by atoms with Crippen LogP contribution in [-0.4, -0.2) is 16.6 Å².